The van der Waals surface area contributed by atoms with E-state index in [9.17, 15) is 4.79 Å². The number of fused-ring (bicyclic) bond motifs is 4. The Labute approximate surface area is 170 Å². The molecule has 5 rings (SSSR count). The van der Waals surface area contributed by atoms with Crippen LogP contribution in [0.25, 0.3) is 27.5 Å². The number of nitrogens with zero attached hydrogens (tertiary/aromatic N) is 3. The van der Waals surface area contributed by atoms with Crippen molar-refractivity contribution in [1.29, 1.82) is 0 Å². The Bertz CT molecular complexity index is 1440. The van der Waals surface area contributed by atoms with E-state index in [-0.39, 0.29) is 5.56 Å². The van der Waals surface area contributed by atoms with Crippen molar-refractivity contribution in [3.05, 3.63) is 76.1 Å². The lowest BCUT2D eigenvalue weighted by atomic mass is 10.1. The van der Waals surface area contributed by atoms with Gasteiger partial charge in [0.1, 0.15) is 5.75 Å². The van der Waals surface area contributed by atoms with Gasteiger partial charge in [-0.05, 0) is 48.4 Å². The zero-order valence-corrected chi connectivity index (χ0v) is 16.8. The monoisotopic (exact) mass is 402 g/mol. The first-order chi connectivity index (χ1) is 14.1. The summed E-state index contributed by atoms with van der Waals surface area (Å²) in [7, 11) is 1.67. The minimum absolute atomic E-state index is 0.0983. The van der Waals surface area contributed by atoms with Crippen LogP contribution < -0.4 is 10.3 Å². The number of H-pyrrole nitrogens is 1. The summed E-state index contributed by atoms with van der Waals surface area (Å²) < 4.78 is 7.44. The van der Waals surface area contributed by atoms with Crippen molar-refractivity contribution in [1.82, 2.24) is 19.6 Å². The number of methoxy groups -OCH3 is 1. The molecule has 6 nitrogen and oxygen atoms in total. The highest BCUT2D eigenvalue weighted by Gasteiger charge is 2.14. The third kappa shape index (κ3) is 3.03. The number of pyridine rings is 2. The van der Waals surface area contributed by atoms with E-state index in [2.05, 4.69) is 25.6 Å². The first-order valence-electron chi connectivity index (χ1n) is 9.20. The predicted molar refractivity (Wildman–Crippen MR) is 116 cm³/mol. The van der Waals surface area contributed by atoms with Crippen LogP contribution in [0.3, 0.4) is 0 Å². The van der Waals surface area contributed by atoms with Crippen LogP contribution in [0, 0.1) is 6.92 Å². The molecule has 0 radical (unpaired) electrons. The van der Waals surface area contributed by atoms with Gasteiger partial charge in [-0.1, -0.05) is 30.0 Å². The molecule has 3 aromatic heterocycles. The highest BCUT2D eigenvalue weighted by Crippen LogP contribution is 2.30. The molecule has 5 aromatic rings. The van der Waals surface area contributed by atoms with Gasteiger partial charge in [-0.3, -0.25) is 9.20 Å². The molecule has 0 aliphatic rings. The van der Waals surface area contributed by atoms with Gasteiger partial charge in [0.25, 0.3) is 0 Å². The molecule has 0 amide bonds. The third-order valence-electron chi connectivity index (χ3n) is 5.03. The Balaban J connectivity index is 1.61. The summed E-state index contributed by atoms with van der Waals surface area (Å²) in [4.78, 5) is 14.9. The van der Waals surface area contributed by atoms with Crippen molar-refractivity contribution in [3.8, 4) is 5.75 Å². The molecule has 29 heavy (non-hydrogen) atoms. The van der Waals surface area contributed by atoms with Crippen LogP contribution in [-0.4, -0.2) is 26.7 Å². The predicted octanol–water partition coefficient (Wildman–Crippen LogP) is 4.33. The quantitative estimate of drug-likeness (QED) is 0.453. The molecular weight excluding hydrogens is 384 g/mol. The molecule has 0 fully saturated rings. The number of aromatic amines is 1. The Morgan fingerprint density at radius 3 is 2.83 bits per heavy atom. The number of para-hydroxylation sites is 1. The second kappa shape index (κ2) is 6.93. The molecule has 0 unspecified atom stereocenters. The average Bonchev–Trinajstić information content (AvgIpc) is 3.16. The molecule has 0 saturated carbocycles. The fourth-order valence-electron chi connectivity index (χ4n) is 3.65. The molecule has 1 N–H and O–H groups in total. The SMILES string of the molecule is COc1ccc2c(c1)cc(C)c1nnc(SCc3cc(=O)[nH]c4ccccc34)n12. The number of hydrogen-bond donors (Lipinski definition) is 1. The number of thioether (sulfide) groups is 1. The molecule has 0 aliphatic heterocycles. The Morgan fingerprint density at radius 2 is 1.97 bits per heavy atom. The van der Waals surface area contributed by atoms with Gasteiger partial charge in [0.2, 0.25) is 5.56 Å². The van der Waals surface area contributed by atoms with Crippen LogP contribution >= 0.6 is 11.8 Å². The summed E-state index contributed by atoms with van der Waals surface area (Å²) in [6.45, 7) is 2.03. The van der Waals surface area contributed by atoms with Gasteiger partial charge in [-0.25, -0.2) is 0 Å². The Kier molecular flexibility index (Phi) is 4.24. The zero-order chi connectivity index (χ0) is 20.0. The van der Waals surface area contributed by atoms with Crippen LogP contribution in [0.1, 0.15) is 11.1 Å². The van der Waals surface area contributed by atoms with Crippen molar-refractivity contribution in [3.63, 3.8) is 0 Å². The van der Waals surface area contributed by atoms with Crippen molar-refractivity contribution >= 4 is 39.2 Å². The van der Waals surface area contributed by atoms with E-state index in [4.69, 9.17) is 4.74 Å². The molecular formula is C22H18N4O2S. The Hall–Kier alpha value is -3.32. The lowest BCUT2D eigenvalue weighted by molar-refractivity contribution is 0.415. The van der Waals surface area contributed by atoms with Crippen molar-refractivity contribution in [2.75, 3.05) is 7.11 Å². The van der Waals surface area contributed by atoms with Crippen LogP contribution in [0.4, 0.5) is 0 Å². The third-order valence-corrected chi connectivity index (χ3v) is 6.00. The standard InChI is InChI=1S/C22H18N4O2S/c1-13-9-14-10-16(28-2)7-8-19(14)26-21(13)24-25-22(26)29-12-15-11-20(27)23-18-6-4-3-5-17(15)18/h3-11H,12H2,1-2H3,(H,23,27). The smallest absolute Gasteiger partial charge is 0.248 e. The van der Waals surface area contributed by atoms with Gasteiger partial charge < -0.3 is 9.72 Å². The van der Waals surface area contributed by atoms with Crippen molar-refractivity contribution in [2.45, 2.75) is 17.8 Å². The van der Waals surface area contributed by atoms with E-state index in [1.807, 2.05) is 49.4 Å². The van der Waals surface area contributed by atoms with Crippen LogP contribution in [0.2, 0.25) is 0 Å². The minimum atomic E-state index is -0.0983. The maximum Gasteiger partial charge on any atom is 0.248 e. The van der Waals surface area contributed by atoms with E-state index in [1.165, 1.54) is 0 Å². The lowest BCUT2D eigenvalue weighted by Crippen LogP contribution is -2.06. The highest BCUT2D eigenvalue weighted by molar-refractivity contribution is 7.98. The number of aryl methyl sites for hydroxylation is 1. The largest absolute Gasteiger partial charge is 0.497 e. The van der Waals surface area contributed by atoms with Gasteiger partial charge in [-0.2, -0.15) is 0 Å². The van der Waals surface area contributed by atoms with Gasteiger partial charge in [-0.15, -0.1) is 10.2 Å². The van der Waals surface area contributed by atoms with Crippen LogP contribution in [0.5, 0.6) is 5.75 Å². The molecule has 0 bridgehead atoms. The average molecular weight is 402 g/mol. The lowest BCUT2D eigenvalue weighted by Gasteiger charge is -2.09. The van der Waals surface area contributed by atoms with Gasteiger partial charge in [0, 0.05) is 28.1 Å². The van der Waals surface area contributed by atoms with E-state index in [0.717, 1.165) is 49.5 Å². The maximum atomic E-state index is 12.0. The van der Waals surface area contributed by atoms with E-state index >= 15 is 0 Å². The number of hydrogen-bond acceptors (Lipinski definition) is 5. The number of benzene rings is 2. The molecule has 0 spiro atoms. The summed E-state index contributed by atoms with van der Waals surface area (Å²) in [5.41, 5.74) is 4.63. The summed E-state index contributed by atoms with van der Waals surface area (Å²) >= 11 is 1.57. The highest BCUT2D eigenvalue weighted by atomic mass is 32.2. The summed E-state index contributed by atoms with van der Waals surface area (Å²) in [5, 5.41) is 11.7. The van der Waals surface area contributed by atoms with E-state index in [1.54, 1.807) is 24.9 Å². The molecule has 2 aromatic carbocycles. The molecule has 144 valence electrons. The first kappa shape index (κ1) is 17.8. The summed E-state index contributed by atoms with van der Waals surface area (Å²) in [5.74, 6) is 1.44. The van der Waals surface area contributed by atoms with Gasteiger partial charge in [0.05, 0.1) is 12.6 Å². The van der Waals surface area contributed by atoms with Crippen molar-refractivity contribution in [2.24, 2.45) is 0 Å². The number of nitrogens with one attached hydrogen (secondary N) is 1. The van der Waals surface area contributed by atoms with E-state index < -0.39 is 0 Å². The fraction of sp³-hybridized carbons (Fsp3) is 0.136. The van der Waals surface area contributed by atoms with Crippen molar-refractivity contribution < 1.29 is 4.74 Å². The normalized spacial score (nSPS) is 11.5. The number of aromatic nitrogens is 4. The van der Waals surface area contributed by atoms with Crippen LogP contribution in [-0.2, 0) is 5.75 Å². The Morgan fingerprint density at radius 1 is 1.10 bits per heavy atom. The topological polar surface area (TPSA) is 72.3 Å². The molecule has 0 aliphatic carbocycles. The molecule has 3 heterocycles. The van der Waals surface area contributed by atoms with Gasteiger partial charge in [0.15, 0.2) is 10.8 Å². The molecule has 0 saturated heterocycles. The summed E-state index contributed by atoms with van der Waals surface area (Å²) in [6.07, 6.45) is 0. The number of rotatable bonds is 4. The molecule has 7 heteroatoms. The second-order valence-corrected chi connectivity index (χ2v) is 7.83. The fourth-order valence-corrected chi connectivity index (χ4v) is 4.59. The second-order valence-electron chi connectivity index (χ2n) is 6.89. The first-order valence-corrected chi connectivity index (χ1v) is 10.2. The van der Waals surface area contributed by atoms with E-state index in [0.29, 0.717) is 5.75 Å². The van der Waals surface area contributed by atoms with Crippen LogP contribution in [0.15, 0.2) is 64.5 Å². The number of ether oxygens (including phenoxy) is 1. The zero-order valence-electron chi connectivity index (χ0n) is 16.0. The summed E-state index contributed by atoms with van der Waals surface area (Å²) in [6, 6.07) is 17.6. The van der Waals surface area contributed by atoms with Gasteiger partial charge >= 0.3 is 0 Å². The molecule has 0 atom stereocenters. The minimum Gasteiger partial charge on any atom is -0.497 e. The maximum absolute atomic E-state index is 12.0.